The molecule has 2 heterocycles. The molecule has 2 aromatic heterocycles. The van der Waals surface area contributed by atoms with Gasteiger partial charge in [-0.25, -0.2) is 9.48 Å². The highest BCUT2D eigenvalue weighted by molar-refractivity contribution is 6.58. The maximum absolute atomic E-state index is 12.5. The summed E-state index contributed by atoms with van der Waals surface area (Å²) in [6.07, 6.45) is 4.19. The number of benzene rings is 1. The van der Waals surface area contributed by atoms with Gasteiger partial charge in [-0.1, -0.05) is 17.3 Å². The third kappa shape index (κ3) is 3.32. The summed E-state index contributed by atoms with van der Waals surface area (Å²) in [5, 5.41) is 31.5. The number of esters is 1. The van der Waals surface area contributed by atoms with Crippen LogP contribution in [0.4, 0.5) is 0 Å². The van der Waals surface area contributed by atoms with E-state index in [0.717, 1.165) is 17.8 Å². The second-order valence-electron chi connectivity index (χ2n) is 6.81. The number of nitrogens with zero attached hydrogens (tertiary/aromatic N) is 5. The Morgan fingerprint density at radius 2 is 2.18 bits per heavy atom. The van der Waals surface area contributed by atoms with E-state index < -0.39 is 13.1 Å². The summed E-state index contributed by atoms with van der Waals surface area (Å²) in [5.74, 6) is -0.239. The van der Waals surface area contributed by atoms with Crippen molar-refractivity contribution in [2.75, 3.05) is 6.61 Å². The normalized spacial score (nSPS) is 18.1. The first-order valence-corrected chi connectivity index (χ1v) is 9.07. The molecule has 10 heteroatoms. The van der Waals surface area contributed by atoms with E-state index in [1.54, 1.807) is 40.6 Å². The Labute approximate surface area is 161 Å². The monoisotopic (exact) mass is 381 g/mol. The number of aromatic nitrogens is 5. The van der Waals surface area contributed by atoms with E-state index in [1.165, 1.54) is 6.20 Å². The van der Waals surface area contributed by atoms with Crippen molar-refractivity contribution in [1.29, 1.82) is 0 Å². The van der Waals surface area contributed by atoms with Crippen LogP contribution in [0.15, 0.2) is 36.7 Å². The van der Waals surface area contributed by atoms with Crippen LogP contribution >= 0.6 is 0 Å². The molecule has 0 spiro atoms. The molecule has 0 bridgehead atoms. The Morgan fingerprint density at radius 3 is 2.86 bits per heavy atom. The SMILES string of the molecule is CCOC(=O)c1cnn(-c2cccc(B(O)O)c2)c1C1CC1c1cn(C)nn1. The topological polar surface area (TPSA) is 115 Å². The quantitative estimate of drug-likeness (QED) is 0.461. The number of hydrogen-bond donors (Lipinski definition) is 2. The summed E-state index contributed by atoms with van der Waals surface area (Å²) in [7, 11) is 0.227. The molecule has 28 heavy (non-hydrogen) atoms. The minimum absolute atomic E-state index is 0.0429. The molecule has 2 unspecified atom stereocenters. The molecular formula is C18H20BN5O4. The number of hydrogen-bond acceptors (Lipinski definition) is 7. The molecule has 2 atom stereocenters. The summed E-state index contributed by atoms with van der Waals surface area (Å²) in [5.41, 5.74) is 3.00. The summed E-state index contributed by atoms with van der Waals surface area (Å²) < 4.78 is 8.52. The highest BCUT2D eigenvalue weighted by Crippen LogP contribution is 2.55. The molecule has 1 aliphatic carbocycles. The maximum Gasteiger partial charge on any atom is 0.488 e. The number of carbonyl (C=O) groups is 1. The van der Waals surface area contributed by atoms with Gasteiger partial charge in [-0.2, -0.15) is 5.10 Å². The number of aryl methyl sites for hydroxylation is 1. The van der Waals surface area contributed by atoms with E-state index in [4.69, 9.17) is 4.74 Å². The van der Waals surface area contributed by atoms with Gasteiger partial charge in [0.25, 0.3) is 0 Å². The van der Waals surface area contributed by atoms with Gasteiger partial charge in [0.15, 0.2) is 0 Å². The molecule has 2 N–H and O–H groups in total. The minimum Gasteiger partial charge on any atom is -0.462 e. The van der Waals surface area contributed by atoms with E-state index >= 15 is 0 Å². The van der Waals surface area contributed by atoms with Crippen molar-refractivity contribution in [2.24, 2.45) is 7.05 Å². The highest BCUT2D eigenvalue weighted by Gasteiger charge is 2.46. The van der Waals surface area contributed by atoms with Gasteiger partial charge in [-0.15, -0.1) is 5.10 Å². The molecule has 4 rings (SSSR count). The van der Waals surface area contributed by atoms with E-state index in [-0.39, 0.29) is 18.4 Å². The van der Waals surface area contributed by atoms with Crippen molar-refractivity contribution >= 4 is 18.6 Å². The number of rotatable bonds is 6. The van der Waals surface area contributed by atoms with Crippen molar-refractivity contribution in [3.05, 3.63) is 53.6 Å². The third-order valence-corrected chi connectivity index (χ3v) is 4.86. The second-order valence-corrected chi connectivity index (χ2v) is 6.81. The Morgan fingerprint density at radius 1 is 1.36 bits per heavy atom. The van der Waals surface area contributed by atoms with Crippen LogP contribution in [-0.2, 0) is 11.8 Å². The Kier molecular flexibility index (Phi) is 4.74. The van der Waals surface area contributed by atoms with Crippen LogP contribution in [-0.4, -0.2) is 54.5 Å². The lowest BCUT2D eigenvalue weighted by Gasteiger charge is -2.11. The number of ether oxygens (including phenoxy) is 1. The van der Waals surface area contributed by atoms with Crippen LogP contribution in [0.2, 0.25) is 0 Å². The van der Waals surface area contributed by atoms with E-state index in [1.807, 2.05) is 13.2 Å². The first-order chi connectivity index (χ1) is 13.5. The summed E-state index contributed by atoms with van der Waals surface area (Å²) in [4.78, 5) is 12.5. The Bertz CT molecular complexity index is 1020. The summed E-state index contributed by atoms with van der Waals surface area (Å²) >= 11 is 0. The van der Waals surface area contributed by atoms with E-state index in [9.17, 15) is 14.8 Å². The van der Waals surface area contributed by atoms with Gasteiger partial charge in [0, 0.05) is 25.1 Å². The first-order valence-electron chi connectivity index (χ1n) is 9.07. The molecule has 1 fully saturated rings. The van der Waals surface area contributed by atoms with Crippen LogP contribution < -0.4 is 5.46 Å². The van der Waals surface area contributed by atoms with Crippen molar-refractivity contribution in [2.45, 2.75) is 25.2 Å². The first kappa shape index (κ1) is 18.4. The van der Waals surface area contributed by atoms with Gasteiger partial charge >= 0.3 is 13.1 Å². The van der Waals surface area contributed by atoms with Crippen LogP contribution in [0.5, 0.6) is 0 Å². The summed E-state index contributed by atoms with van der Waals surface area (Å²) in [6.45, 7) is 2.03. The van der Waals surface area contributed by atoms with Gasteiger partial charge in [0.05, 0.1) is 29.9 Å². The van der Waals surface area contributed by atoms with Crippen LogP contribution in [0.25, 0.3) is 5.69 Å². The predicted octanol–water partition coefficient (Wildman–Crippen LogP) is 0.128. The van der Waals surface area contributed by atoms with Crippen LogP contribution in [0, 0.1) is 0 Å². The molecule has 0 saturated heterocycles. The number of carbonyl (C=O) groups excluding carboxylic acids is 1. The molecule has 0 amide bonds. The van der Waals surface area contributed by atoms with Gasteiger partial charge in [0.1, 0.15) is 5.56 Å². The molecule has 144 valence electrons. The van der Waals surface area contributed by atoms with Crippen LogP contribution in [0.3, 0.4) is 0 Å². The van der Waals surface area contributed by atoms with Crippen molar-refractivity contribution in [1.82, 2.24) is 24.8 Å². The smallest absolute Gasteiger partial charge is 0.462 e. The molecule has 0 radical (unpaired) electrons. The molecule has 1 saturated carbocycles. The lowest BCUT2D eigenvalue weighted by molar-refractivity contribution is 0.0525. The van der Waals surface area contributed by atoms with E-state index in [2.05, 4.69) is 15.4 Å². The zero-order valence-electron chi connectivity index (χ0n) is 15.6. The molecule has 9 nitrogen and oxygen atoms in total. The molecular weight excluding hydrogens is 361 g/mol. The zero-order chi connectivity index (χ0) is 19.8. The minimum atomic E-state index is -1.59. The Balaban J connectivity index is 1.76. The van der Waals surface area contributed by atoms with Gasteiger partial charge in [0.2, 0.25) is 0 Å². The zero-order valence-corrected chi connectivity index (χ0v) is 15.6. The van der Waals surface area contributed by atoms with Crippen molar-refractivity contribution in [3.63, 3.8) is 0 Å². The second kappa shape index (κ2) is 7.21. The largest absolute Gasteiger partial charge is 0.488 e. The standard InChI is InChI=1S/C18H20BN5O4/c1-3-28-18(25)15-9-20-24(12-6-4-5-11(7-12)19(26)27)17(15)14-8-13(14)16-10-23(2)22-21-16/h4-7,9-10,13-14,26-27H,3,8H2,1-2H3. The van der Waals surface area contributed by atoms with Gasteiger partial charge in [-0.3, -0.25) is 4.68 Å². The maximum atomic E-state index is 12.5. The molecule has 1 aromatic carbocycles. The fourth-order valence-electron chi connectivity index (χ4n) is 3.46. The van der Waals surface area contributed by atoms with Crippen molar-refractivity contribution < 1.29 is 19.6 Å². The lowest BCUT2D eigenvalue weighted by Crippen LogP contribution is -2.30. The van der Waals surface area contributed by atoms with Crippen molar-refractivity contribution in [3.8, 4) is 5.69 Å². The Hall–Kier alpha value is -2.98. The average molecular weight is 381 g/mol. The average Bonchev–Trinajstić information content (AvgIpc) is 3.13. The fraction of sp³-hybridized carbons (Fsp3) is 0.333. The lowest BCUT2D eigenvalue weighted by atomic mass is 9.80. The van der Waals surface area contributed by atoms with Gasteiger partial charge < -0.3 is 14.8 Å². The van der Waals surface area contributed by atoms with E-state index in [0.29, 0.717) is 16.7 Å². The highest BCUT2D eigenvalue weighted by atomic mass is 16.5. The third-order valence-electron chi connectivity index (χ3n) is 4.86. The fourth-order valence-corrected chi connectivity index (χ4v) is 3.46. The molecule has 0 aliphatic heterocycles. The summed E-state index contributed by atoms with van der Waals surface area (Å²) in [6, 6.07) is 6.77. The molecule has 1 aliphatic rings. The van der Waals surface area contributed by atoms with Gasteiger partial charge in [-0.05, 0) is 30.9 Å². The van der Waals surface area contributed by atoms with Crippen LogP contribution in [0.1, 0.15) is 46.9 Å². The molecule has 3 aromatic rings. The predicted molar refractivity (Wildman–Crippen MR) is 100 cm³/mol.